The Balaban J connectivity index is 1.43. The highest BCUT2D eigenvalue weighted by Crippen LogP contribution is 2.27. The number of carbonyl (C=O) groups excluding carboxylic acids is 1. The molecule has 0 radical (unpaired) electrons. The van der Waals surface area contributed by atoms with E-state index in [9.17, 15) is 4.79 Å². The van der Waals surface area contributed by atoms with Crippen molar-refractivity contribution in [1.82, 2.24) is 9.78 Å². The first-order chi connectivity index (χ1) is 16.7. The highest BCUT2D eigenvalue weighted by molar-refractivity contribution is 5.97. The summed E-state index contributed by atoms with van der Waals surface area (Å²) >= 11 is 0. The molecule has 34 heavy (non-hydrogen) atoms. The normalized spacial score (nSPS) is 10.4. The van der Waals surface area contributed by atoms with E-state index in [0.29, 0.717) is 22.6 Å². The number of rotatable bonds is 5. The van der Waals surface area contributed by atoms with E-state index in [-0.39, 0.29) is 0 Å². The van der Waals surface area contributed by atoms with Crippen molar-refractivity contribution in [2.24, 2.45) is 0 Å². The molecule has 0 bridgehead atoms. The van der Waals surface area contributed by atoms with E-state index < -0.39 is 5.97 Å². The van der Waals surface area contributed by atoms with Crippen molar-refractivity contribution in [3.63, 3.8) is 0 Å². The zero-order chi connectivity index (χ0) is 23.3. The molecule has 0 atom stereocenters. The van der Waals surface area contributed by atoms with Gasteiger partial charge in [-0.1, -0.05) is 72.8 Å². The van der Waals surface area contributed by atoms with Gasteiger partial charge < -0.3 is 4.74 Å². The maximum Gasteiger partial charge on any atom is 0.347 e. The first-order valence-electron chi connectivity index (χ1n) is 10.7. The molecule has 1 heterocycles. The molecule has 0 aliphatic carbocycles. The van der Waals surface area contributed by atoms with Crippen molar-refractivity contribution < 1.29 is 9.53 Å². The summed E-state index contributed by atoms with van der Waals surface area (Å²) in [6.45, 7) is 0. The van der Waals surface area contributed by atoms with E-state index in [4.69, 9.17) is 10.00 Å². The second kappa shape index (κ2) is 9.27. The van der Waals surface area contributed by atoms with Gasteiger partial charge in [0.1, 0.15) is 17.0 Å². The lowest BCUT2D eigenvalue weighted by atomic mass is 10.0. The van der Waals surface area contributed by atoms with E-state index in [2.05, 4.69) is 11.2 Å². The summed E-state index contributed by atoms with van der Waals surface area (Å²) < 4.78 is 7.39. The van der Waals surface area contributed by atoms with Crippen LogP contribution in [0.15, 0.2) is 115 Å². The summed E-state index contributed by atoms with van der Waals surface area (Å²) in [7, 11) is 0. The van der Waals surface area contributed by atoms with E-state index in [1.165, 1.54) is 0 Å². The molecular formula is C29H19N3O2. The second-order valence-electron chi connectivity index (χ2n) is 7.64. The van der Waals surface area contributed by atoms with Gasteiger partial charge in [0.2, 0.25) is 0 Å². The van der Waals surface area contributed by atoms with Gasteiger partial charge in [-0.3, -0.25) is 0 Å². The van der Waals surface area contributed by atoms with Crippen molar-refractivity contribution in [1.29, 1.82) is 5.26 Å². The highest BCUT2D eigenvalue weighted by atomic mass is 16.5. The SMILES string of the molecule is N#Cc1ccc(-c2ccc(OC(=O)c3cn(-c4ccccc4)nc3-c3ccccc3)cc2)cc1. The number of nitriles is 1. The third-order valence-corrected chi connectivity index (χ3v) is 5.41. The Kier molecular flexibility index (Phi) is 5.71. The molecule has 5 aromatic rings. The third kappa shape index (κ3) is 4.34. The lowest BCUT2D eigenvalue weighted by Gasteiger charge is -2.06. The smallest absolute Gasteiger partial charge is 0.347 e. The first kappa shape index (κ1) is 20.9. The minimum absolute atomic E-state index is 0.381. The number of ether oxygens (including phenoxy) is 1. The van der Waals surface area contributed by atoms with Crippen LogP contribution < -0.4 is 4.74 Å². The van der Waals surface area contributed by atoms with Gasteiger partial charge in [-0.05, 0) is 47.5 Å². The van der Waals surface area contributed by atoms with Gasteiger partial charge in [-0.15, -0.1) is 0 Å². The van der Waals surface area contributed by atoms with Crippen LogP contribution in [-0.4, -0.2) is 15.7 Å². The summed E-state index contributed by atoms with van der Waals surface area (Å²) in [6, 6.07) is 36.0. The largest absolute Gasteiger partial charge is 0.423 e. The Labute approximate surface area is 197 Å². The predicted octanol–water partition coefficient (Wildman–Crippen LogP) is 6.30. The van der Waals surface area contributed by atoms with Crippen LogP contribution in [-0.2, 0) is 0 Å². The van der Waals surface area contributed by atoms with Crippen LogP contribution in [0.25, 0.3) is 28.1 Å². The van der Waals surface area contributed by atoms with Crippen molar-refractivity contribution in [2.75, 3.05) is 0 Å². The van der Waals surface area contributed by atoms with Crippen LogP contribution in [0.4, 0.5) is 0 Å². The standard InChI is InChI=1S/C29H19N3O2/c30-19-21-11-13-22(14-12-21)23-15-17-26(18-16-23)34-29(33)27-20-32(25-9-5-2-6-10-25)31-28(27)24-7-3-1-4-8-24/h1-18,20H. The Bertz CT molecular complexity index is 1470. The monoisotopic (exact) mass is 441 g/mol. The fourth-order valence-corrected chi connectivity index (χ4v) is 3.66. The molecule has 0 aliphatic rings. The molecule has 0 spiro atoms. The lowest BCUT2D eigenvalue weighted by molar-refractivity contribution is 0.0735. The molecule has 5 nitrogen and oxygen atoms in total. The van der Waals surface area contributed by atoms with Crippen LogP contribution in [0.3, 0.4) is 0 Å². The second-order valence-corrected chi connectivity index (χ2v) is 7.64. The number of para-hydroxylation sites is 1. The van der Waals surface area contributed by atoms with Gasteiger partial charge in [-0.2, -0.15) is 10.4 Å². The van der Waals surface area contributed by atoms with Gasteiger partial charge in [0.25, 0.3) is 0 Å². The predicted molar refractivity (Wildman–Crippen MR) is 131 cm³/mol. The summed E-state index contributed by atoms with van der Waals surface area (Å²) in [5.74, 6) is -0.0407. The summed E-state index contributed by atoms with van der Waals surface area (Å²) in [5, 5.41) is 13.6. The zero-order valence-electron chi connectivity index (χ0n) is 18.1. The van der Waals surface area contributed by atoms with Crippen molar-refractivity contribution >= 4 is 5.97 Å². The van der Waals surface area contributed by atoms with Crippen LogP contribution in [0, 0.1) is 11.3 Å². The van der Waals surface area contributed by atoms with Gasteiger partial charge in [0.15, 0.2) is 0 Å². The van der Waals surface area contributed by atoms with E-state index >= 15 is 0 Å². The Morgan fingerprint density at radius 2 is 1.32 bits per heavy atom. The lowest BCUT2D eigenvalue weighted by Crippen LogP contribution is -2.09. The highest BCUT2D eigenvalue weighted by Gasteiger charge is 2.20. The van der Waals surface area contributed by atoms with E-state index in [1.807, 2.05) is 84.9 Å². The Morgan fingerprint density at radius 1 is 0.735 bits per heavy atom. The fraction of sp³-hybridized carbons (Fsp3) is 0. The summed E-state index contributed by atoms with van der Waals surface area (Å²) in [5.41, 5.74) is 5.18. The third-order valence-electron chi connectivity index (χ3n) is 5.41. The zero-order valence-corrected chi connectivity index (χ0v) is 18.1. The number of hydrogen-bond donors (Lipinski definition) is 0. The number of benzene rings is 4. The van der Waals surface area contributed by atoms with E-state index in [0.717, 1.165) is 22.4 Å². The average molecular weight is 441 g/mol. The maximum atomic E-state index is 13.2. The molecule has 162 valence electrons. The number of carbonyl (C=O) groups is 1. The number of aromatic nitrogens is 2. The van der Waals surface area contributed by atoms with Crippen LogP contribution in [0.2, 0.25) is 0 Å². The molecule has 1 aromatic heterocycles. The molecule has 0 amide bonds. The van der Waals surface area contributed by atoms with Gasteiger partial charge >= 0.3 is 5.97 Å². The molecule has 0 saturated carbocycles. The molecule has 0 fully saturated rings. The Hall–Kier alpha value is -4.95. The van der Waals surface area contributed by atoms with Crippen molar-refractivity contribution in [3.8, 4) is 39.9 Å². The quantitative estimate of drug-likeness (QED) is 0.237. The molecule has 5 heteroatoms. The summed E-state index contributed by atoms with van der Waals surface area (Å²) in [4.78, 5) is 13.2. The van der Waals surface area contributed by atoms with Crippen LogP contribution in [0.5, 0.6) is 5.75 Å². The molecule has 4 aromatic carbocycles. The van der Waals surface area contributed by atoms with E-state index in [1.54, 1.807) is 35.1 Å². The van der Waals surface area contributed by atoms with Crippen molar-refractivity contribution in [2.45, 2.75) is 0 Å². The fourth-order valence-electron chi connectivity index (χ4n) is 3.66. The topological polar surface area (TPSA) is 67.9 Å². The number of hydrogen-bond acceptors (Lipinski definition) is 4. The number of esters is 1. The Morgan fingerprint density at radius 3 is 1.94 bits per heavy atom. The molecule has 0 N–H and O–H groups in total. The molecule has 0 aliphatic heterocycles. The van der Waals surface area contributed by atoms with Crippen LogP contribution in [0.1, 0.15) is 15.9 Å². The minimum atomic E-state index is -0.479. The van der Waals surface area contributed by atoms with Gasteiger partial charge in [0, 0.05) is 11.8 Å². The maximum absolute atomic E-state index is 13.2. The molecule has 0 unspecified atom stereocenters. The van der Waals surface area contributed by atoms with Gasteiger partial charge in [0.05, 0.1) is 17.3 Å². The molecule has 0 saturated heterocycles. The van der Waals surface area contributed by atoms with Crippen LogP contribution >= 0.6 is 0 Å². The average Bonchev–Trinajstić information content (AvgIpc) is 3.36. The first-order valence-corrected chi connectivity index (χ1v) is 10.7. The summed E-state index contributed by atoms with van der Waals surface area (Å²) in [6.07, 6.45) is 1.70. The number of nitrogens with zero attached hydrogens (tertiary/aromatic N) is 3. The minimum Gasteiger partial charge on any atom is -0.423 e. The van der Waals surface area contributed by atoms with Crippen molar-refractivity contribution in [3.05, 3.63) is 127 Å². The molecular weight excluding hydrogens is 422 g/mol. The molecule has 5 rings (SSSR count). The van der Waals surface area contributed by atoms with Gasteiger partial charge in [-0.25, -0.2) is 9.48 Å².